The van der Waals surface area contributed by atoms with Gasteiger partial charge in [-0.2, -0.15) is 8.78 Å². The highest BCUT2D eigenvalue weighted by atomic mass is 79.9. The second-order valence-corrected chi connectivity index (χ2v) is 3.89. The number of hydrogen-bond acceptors (Lipinski definition) is 1. The molecule has 0 heterocycles. The fourth-order valence-corrected chi connectivity index (χ4v) is 1.63. The van der Waals surface area contributed by atoms with Crippen molar-refractivity contribution in [1.82, 2.24) is 4.90 Å². The van der Waals surface area contributed by atoms with E-state index in [1.165, 1.54) is 13.1 Å². The molecule has 0 aliphatic heterocycles. The van der Waals surface area contributed by atoms with E-state index in [1.54, 1.807) is 25.1 Å². The lowest BCUT2D eigenvalue weighted by Crippen LogP contribution is -2.36. The number of hydrogen-bond donors (Lipinski definition) is 0. The molecule has 4 heteroatoms. The molecule has 0 N–H and O–H groups in total. The lowest BCUT2D eigenvalue weighted by Gasteiger charge is -2.27. The van der Waals surface area contributed by atoms with Crippen LogP contribution in [-0.4, -0.2) is 18.5 Å². The van der Waals surface area contributed by atoms with Crippen molar-refractivity contribution in [2.75, 3.05) is 13.6 Å². The first-order valence-corrected chi connectivity index (χ1v) is 5.13. The molecular weight excluding hydrogens is 252 g/mol. The van der Waals surface area contributed by atoms with Crippen LogP contribution in [0, 0.1) is 0 Å². The van der Waals surface area contributed by atoms with E-state index in [-0.39, 0.29) is 5.56 Å². The van der Waals surface area contributed by atoms with Crippen LogP contribution in [0.2, 0.25) is 0 Å². The lowest BCUT2D eigenvalue weighted by molar-refractivity contribution is -0.140. The van der Waals surface area contributed by atoms with Gasteiger partial charge in [-0.15, -0.1) is 0 Å². The number of alkyl halides is 2. The molecule has 0 aliphatic rings. The summed E-state index contributed by atoms with van der Waals surface area (Å²) >= 11 is 3.12. The molecule has 0 saturated carbocycles. The fraction of sp³-hybridized carbons (Fsp3) is 0.400. The van der Waals surface area contributed by atoms with Crippen molar-refractivity contribution < 1.29 is 8.78 Å². The van der Waals surface area contributed by atoms with Crippen LogP contribution >= 0.6 is 15.9 Å². The average molecular weight is 264 g/mol. The van der Waals surface area contributed by atoms with E-state index in [0.29, 0.717) is 11.0 Å². The molecule has 0 unspecified atom stereocenters. The molecule has 0 aromatic heterocycles. The first-order chi connectivity index (χ1) is 6.50. The van der Waals surface area contributed by atoms with Crippen molar-refractivity contribution >= 4 is 15.9 Å². The molecule has 1 nitrogen and oxygen atoms in total. The van der Waals surface area contributed by atoms with Crippen LogP contribution in [0.1, 0.15) is 12.5 Å². The molecule has 1 aromatic rings. The van der Waals surface area contributed by atoms with E-state index >= 15 is 0 Å². The number of benzene rings is 1. The summed E-state index contributed by atoms with van der Waals surface area (Å²) in [5, 5.41) is 0. The topological polar surface area (TPSA) is 3.24 Å². The molecule has 0 fully saturated rings. The van der Waals surface area contributed by atoms with Gasteiger partial charge in [0.2, 0.25) is 0 Å². The van der Waals surface area contributed by atoms with Crippen molar-refractivity contribution in [3.8, 4) is 0 Å². The third kappa shape index (κ3) is 2.12. The molecule has 78 valence electrons. The van der Waals surface area contributed by atoms with Gasteiger partial charge in [-0.3, -0.25) is 0 Å². The highest BCUT2D eigenvalue weighted by Crippen LogP contribution is 2.35. The SMILES string of the molecule is CCN(C)C(F)(F)c1ccccc1Br. The molecule has 0 radical (unpaired) electrons. The van der Waals surface area contributed by atoms with Crippen LogP contribution in [0.4, 0.5) is 8.78 Å². The molecule has 1 aromatic carbocycles. The van der Waals surface area contributed by atoms with Crippen LogP contribution in [0.15, 0.2) is 28.7 Å². The standard InChI is InChI=1S/C10H12BrF2N/c1-3-14(2)10(12,13)8-6-4-5-7-9(8)11/h4-7H,3H2,1-2H3. The van der Waals surface area contributed by atoms with E-state index in [2.05, 4.69) is 15.9 Å². The van der Waals surface area contributed by atoms with Crippen LogP contribution in [0.3, 0.4) is 0 Å². The van der Waals surface area contributed by atoms with Crippen molar-refractivity contribution in [2.24, 2.45) is 0 Å². The Hall–Kier alpha value is -0.480. The molecule has 1 rings (SSSR count). The van der Waals surface area contributed by atoms with Crippen molar-refractivity contribution in [3.05, 3.63) is 34.3 Å². The first-order valence-electron chi connectivity index (χ1n) is 4.34. The summed E-state index contributed by atoms with van der Waals surface area (Å²) in [5.74, 6) is 0. The highest BCUT2D eigenvalue weighted by molar-refractivity contribution is 9.10. The van der Waals surface area contributed by atoms with Crippen LogP contribution < -0.4 is 0 Å². The monoisotopic (exact) mass is 263 g/mol. The van der Waals surface area contributed by atoms with Crippen LogP contribution in [-0.2, 0) is 6.05 Å². The molecule has 0 amide bonds. The van der Waals surface area contributed by atoms with Gasteiger partial charge in [-0.25, -0.2) is 4.90 Å². The van der Waals surface area contributed by atoms with E-state index in [9.17, 15) is 8.78 Å². The second kappa shape index (κ2) is 4.36. The summed E-state index contributed by atoms with van der Waals surface area (Å²) in [6, 6.07) is 3.45. The largest absolute Gasteiger partial charge is 0.332 e. The average Bonchev–Trinajstić information content (AvgIpc) is 2.17. The third-order valence-corrected chi connectivity index (χ3v) is 2.84. The fourth-order valence-electron chi connectivity index (χ4n) is 1.11. The summed E-state index contributed by atoms with van der Waals surface area (Å²) < 4.78 is 27.8. The number of nitrogens with zero attached hydrogens (tertiary/aromatic N) is 1. The predicted molar refractivity (Wildman–Crippen MR) is 56.3 cm³/mol. The van der Waals surface area contributed by atoms with Gasteiger partial charge in [-0.1, -0.05) is 41.1 Å². The molecule has 0 saturated heterocycles. The van der Waals surface area contributed by atoms with Crippen molar-refractivity contribution in [3.63, 3.8) is 0 Å². The lowest BCUT2D eigenvalue weighted by atomic mass is 10.2. The highest BCUT2D eigenvalue weighted by Gasteiger charge is 2.37. The summed E-state index contributed by atoms with van der Waals surface area (Å²) in [6.07, 6.45) is 0. The van der Waals surface area contributed by atoms with Gasteiger partial charge >= 0.3 is 6.05 Å². The Labute approximate surface area is 90.8 Å². The summed E-state index contributed by atoms with van der Waals surface area (Å²) in [4.78, 5) is 1.01. The van der Waals surface area contributed by atoms with Gasteiger partial charge in [-0.05, 0) is 13.1 Å². The maximum absolute atomic E-state index is 13.7. The Morgan fingerprint density at radius 1 is 1.36 bits per heavy atom. The zero-order valence-corrected chi connectivity index (χ0v) is 9.68. The Morgan fingerprint density at radius 3 is 2.43 bits per heavy atom. The van der Waals surface area contributed by atoms with Crippen molar-refractivity contribution in [2.45, 2.75) is 13.0 Å². The van der Waals surface area contributed by atoms with Gasteiger partial charge < -0.3 is 0 Å². The summed E-state index contributed by atoms with van der Waals surface area (Å²) in [5.41, 5.74) is 0.00403. The maximum atomic E-state index is 13.7. The number of rotatable bonds is 3. The van der Waals surface area contributed by atoms with Gasteiger partial charge in [0.15, 0.2) is 0 Å². The Kier molecular flexibility index (Phi) is 3.61. The van der Waals surface area contributed by atoms with E-state index in [4.69, 9.17) is 0 Å². The quantitative estimate of drug-likeness (QED) is 0.756. The minimum atomic E-state index is -2.92. The number of halogens is 3. The Bertz CT molecular complexity index is 315. The molecule has 0 spiro atoms. The van der Waals surface area contributed by atoms with Gasteiger partial charge in [0, 0.05) is 11.0 Å². The van der Waals surface area contributed by atoms with E-state index in [0.717, 1.165) is 4.90 Å². The van der Waals surface area contributed by atoms with Gasteiger partial charge in [0.1, 0.15) is 0 Å². The molecule has 14 heavy (non-hydrogen) atoms. The van der Waals surface area contributed by atoms with E-state index in [1.807, 2.05) is 0 Å². The zero-order chi connectivity index (χ0) is 10.8. The van der Waals surface area contributed by atoms with Gasteiger partial charge in [0.05, 0.1) is 5.56 Å². The van der Waals surface area contributed by atoms with E-state index < -0.39 is 6.05 Å². The minimum Gasteiger partial charge on any atom is -0.244 e. The second-order valence-electron chi connectivity index (χ2n) is 3.04. The molecular formula is C10H12BrF2N. The maximum Gasteiger partial charge on any atom is 0.332 e. The smallest absolute Gasteiger partial charge is 0.244 e. The third-order valence-electron chi connectivity index (χ3n) is 2.15. The Balaban J connectivity index is 3.09. The predicted octanol–water partition coefficient (Wildman–Crippen LogP) is 3.45. The molecule has 0 aliphatic carbocycles. The van der Waals surface area contributed by atoms with Crippen LogP contribution in [0.25, 0.3) is 0 Å². The van der Waals surface area contributed by atoms with Crippen molar-refractivity contribution in [1.29, 1.82) is 0 Å². The van der Waals surface area contributed by atoms with Crippen LogP contribution in [0.5, 0.6) is 0 Å². The zero-order valence-electron chi connectivity index (χ0n) is 8.10. The van der Waals surface area contributed by atoms with Gasteiger partial charge in [0.25, 0.3) is 0 Å². The first kappa shape index (κ1) is 11.6. The summed E-state index contributed by atoms with van der Waals surface area (Å²) in [7, 11) is 1.40. The Morgan fingerprint density at radius 2 is 1.93 bits per heavy atom. The molecule has 0 atom stereocenters. The summed E-state index contributed by atoms with van der Waals surface area (Å²) in [6.45, 7) is 2.00. The normalized spacial score (nSPS) is 12.1. The minimum absolute atomic E-state index is 0.00403. The molecule has 0 bridgehead atoms.